The Morgan fingerprint density at radius 3 is 2.81 bits per heavy atom. The average Bonchev–Trinajstić information content (AvgIpc) is 3.21. The first-order chi connectivity index (χ1) is 12.4. The molecule has 3 amide bonds. The number of carbonyl (C=O) groups excluding carboxylic acids is 2. The highest BCUT2D eigenvalue weighted by atomic mass is 32.1. The Bertz CT molecular complexity index is 1040. The fourth-order valence-electron chi connectivity index (χ4n) is 2.25. The third-order valence-electron chi connectivity index (χ3n) is 3.42. The lowest BCUT2D eigenvalue weighted by Gasteiger charge is -2.06. The molecule has 0 atom stereocenters. The molecule has 1 aromatic carbocycles. The maximum Gasteiger partial charge on any atom is 0.420 e. The molecule has 3 rings (SSSR count). The van der Waals surface area contributed by atoms with Gasteiger partial charge in [-0.05, 0) is 17.5 Å². The van der Waals surface area contributed by atoms with Gasteiger partial charge in [0.15, 0.2) is 5.58 Å². The van der Waals surface area contributed by atoms with Gasteiger partial charge in [0.1, 0.15) is 6.54 Å². The molecule has 0 bridgehead atoms. The molecular weight excluding hydrogens is 364 g/mol. The molecular formula is C15H12N4O6S. The zero-order chi connectivity index (χ0) is 18.7. The predicted molar refractivity (Wildman–Crippen MR) is 91.8 cm³/mol. The summed E-state index contributed by atoms with van der Waals surface area (Å²) in [4.78, 5) is 46.7. The van der Waals surface area contributed by atoms with Crippen LogP contribution in [0.2, 0.25) is 0 Å². The van der Waals surface area contributed by atoms with E-state index >= 15 is 0 Å². The standard InChI is InChI=1S/C15H12N4O6S/c20-13(17-14(21)16-7-10-2-1-5-26-10)8-18-11-6-9(19(23)24)3-4-12(11)25-15(18)22/h1-6H,7-8H2,(H2,16,17,20,21). The molecule has 0 aliphatic rings. The first-order valence-corrected chi connectivity index (χ1v) is 8.20. The molecule has 10 nitrogen and oxygen atoms in total. The van der Waals surface area contributed by atoms with E-state index in [-0.39, 0.29) is 23.3 Å². The number of nitro benzene ring substituents is 1. The number of nitrogens with zero attached hydrogens (tertiary/aromatic N) is 2. The monoisotopic (exact) mass is 376 g/mol. The summed E-state index contributed by atoms with van der Waals surface area (Å²) in [5.74, 6) is -1.61. The lowest BCUT2D eigenvalue weighted by molar-refractivity contribution is -0.384. The smallest absolute Gasteiger partial charge is 0.408 e. The Balaban J connectivity index is 1.69. The van der Waals surface area contributed by atoms with Gasteiger partial charge >= 0.3 is 11.8 Å². The number of urea groups is 1. The minimum Gasteiger partial charge on any atom is -0.408 e. The number of hydrogen-bond acceptors (Lipinski definition) is 7. The molecule has 2 N–H and O–H groups in total. The molecule has 3 aromatic rings. The fourth-order valence-corrected chi connectivity index (χ4v) is 2.89. The first-order valence-electron chi connectivity index (χ1n) is 7.32. The van der Waals surface area contributed by atoms with Gasteiger partial charge in [-0.3, -0.25) is 24.8 Å². The summed E-state index contributed by atoms with van der Waals surface area (Å²) in [5, 5.41) is 17.3. The van der Waals surface area contributed by atoms with Gasteiger partial charge in [0, 0.05) is 17.0 Å². The molecule has 26 heavy (non-hydrogen) atoms. The van der Waals surface area contributed by atoms with Gasteiger partial charge in [-0.25, -0.2) is 9.59 Å². The normalized spacial score (nSPS) is 10.6. The molecule has 0 saturated carbocycles. The number of non-ortho nitro benzene ring substituents is 1. The number of oxazole rings is 1. The van der Waals surface area contributed by atoms with Crippen LogP contribution in [0.4, 0.5) is 10.5 Å². The molecule has 2 heterocycles. The summed E-state index contributed by atoms with van der Waals surface area (Å²) in [5.41, 5.74) is -0.0463. The minimum atomic E-state index is -0.852. The van der Waals surface area contributed by atoms with E-state index in [1.54, 1.807) is 0 Å². The molecule has 0 fully saturated rings. The van der Waals surface area contributed by atoms with Crippen molar-refractivity contribution >= 4 is 40.1 Å². The van der Waals surface area contributed by atoms with E-state index in [1.165, 1.54) is 23.5 Å². The highest BCUT2D eigenvalue weighted by Crippen LogP contribution is 2.19. The van der Waals surface area contributed by atoms with E-state index in [0.717, 1.165) is 15.5 Å². The van der Waals surface area contributed by atoms with Crippen LogP contribution in [0, 0.1) is 10.1 Å². The number of aromatic nitrogens is 1. The zero-order valence-electron chi connectivity index (χ0n) is 13.1. The highest BCUT2D eigenvalue weighted by molar-refractivity contribution is 7.09. The Morgan fingerprint density at radius 2 is 2.12 bits per heavy atom. The summed E-state index contributed by atoms with van der Waals surface area (Å²) in [7, 11) is 0. The average molecular weight is 376 g/mol. The maximum absolute atomic E-state index is 12.0. The van der Waals surface area contributed by atoms with Crippen molar-refractivity contribution in [3.63, 3.8) is 0 Å². The van der Waals surface area contributed by atoms with Crippen LogP contribution in [0.15, 0.2) is 44.9 Å². The Hall–Kier alpha value is -3.47. The minimum absolute atomic E-state index is 0.0957. The molecule has 0 aliphatic carbocycles. The zero-order valence-corrected chi connectivity index (χ0v) is 13.9. The van der Waals surface area contributed by atoms with Crippen molar-refractivity contribution < 1.29 is 18.9 Å². The summed E-state index contributed by atoms with van der Waals surface area (Å²) in [6, 6.07) is 6.54. The van der Waals surface area contributed by atoms with Gasteiger partial charge in [-0.2, -0.15) is 0 Å². The lowest BCUT2D eigenvalue weighted by Crippen LogP contribution is -2.41. The second-order valence-electron chi connectivity index (χ2n) is 5.17. The van der Waals surface area contributed by atoms with Crippen molar-refractivity contribution in [3.8, 4) is 0 Å². The Kier molecular flexibility index (Phi) is 4.80. The molecule has 2 aromatic heterocycles. The third kappa shape index (κ3) is 3.78. The topological polar surface area (TPSA) is 136 Å². The number of thiophene rings is 1. The SMILES string of the molecule is O=C(Cn1c(=O)oc2ccc([N+](=O)[O-])cc21)NC(=O)NCc1cccs1. The van der Waals surface area contributed by atoms with Gasteiger partial charge in [0.25, 0.3) is 5.69 Å². The van der Waals surface area contributed by atoms with Crippen LogP contribution < -0.4 is 16.4 Å². The summed E-state index contributed by atoms with van der Waals surface area (Å²) >= 11 is 1.45. The van der Waals surface area contributed by atoms with Gasteiger partial charge in [0.05, 0.1) is 17.0 Å². The van der Waals surface area contributed by atoms with Gasteiger partial charge in [-0.1, -0.05) is 6.07 Å². The third-order valence-corrected chi connectivity index (χ3v) is 4.30. The molecule has 0 aliphatic heterocycles. The van der Waals surface area contributed by atoms with Gasteiger partial charge in [0.2, 0.25) is 5.91 Å². The summed E-state index contributed by atoms with van der Waals surface area (Å²) in [6.45, 7) is -0.253. The van der Waals surface area contributed by atoms with E-state index in [0.29, 0.717) is 0 Å². The van der Waals surface area contributed by atoms with E-state index in [2.05, 4.69) is 10.6 Å². The van der Waals surface area contributed by atoms with Crippen molar-refractivity contribution in [2.24, 2.45) is 0 Å². The number of benzene rings is 1. The van der Waals surface area contributed by atoms with Crippen LogP contribution in [0.3, 0.4) is 0 Å². The summed E-state index contributed by atoms with van der Waals surface area (Å²) in [6.07, 6.45) is 0. The molecule has 0 unspecified atom stereocenters. The van der Waals surface area contributed by atoms with Crippen molar-refractivity contribution in [2.75, 3.05) is 0 Å². The summed E-state index contributed by atoms with van der Waals surface area (Å²) < 4.78 is 5.86. The Labute approximate surface area is 149 Å². The van der Waals surface area contributed by atoms with E-state index in [4.69, 9.17) is 4.42 Å². The number of nitro groups is 1. The van der Waals surface area contributed by atoms with Crippen molar-refractivity contribution in [1.82, 2.24) is 15.2 Å². The first kappa shape index (κ1) is 17.4. The number of nitrogens with one attached hydrogen (secondary N) is 2. The number of carbonyl (C=O) groups is 2. The van der Waals surface area contributed by atoms with Crippen LogP contribution in [-0.2, 0) is 17.9 Å². The van der Waals surface area contributed by atoms with Crippen LogP contribution in [-0.4, -0.2) is 21.4 Å². The molecule has 0 saturated heterocycles. The highest BCUT2D eigenvalue weighted by Gasteiger charge is 2.17. The van der Waals surface area contributed by atoms with Crippen molar-refractivity contribution in [2.45, 2.75) is 13.1 Å². The fraction of sp³-hybridized carbons (Fsp3) is 0.133. The lowest BCUT2D eigenvalue weighted by atomic mass is 10.3. The predicted octanol–water partition coefficient (Wildman–Crippen LogP) is 1.59. The van der Waals surface area contributed by atoms with Crippen LogP contribution >= 0.6 is 11.3 Å². The maximum atomic E-state index is 12.0. The van der Waals surface area contributed by atoms with Crippen LogP contribution in [0.1, 0.15) is 4.88 Å². The van der Waals surface area contributed by atoms with E-state index in [9.17, 15) is 24.5 Å². The number of rotatable bonds is 5. The second-order valence-corrected chi connectivity index (χ2v) is 6.21. The molecule has 0 spiro atoms. The molecule has 134 valence electrons. The molecule has 0 radical (unpaired) electrons. The number of amides is 3. The van der Waals surface area contributed by atoms with Crippen LogP contribution in [0.25, 0.3) is 11.1 Å². The number of fused-ring (bicyclic) bond motifs is 1. The molecule has 11 heteroatoms. The second kappa shape index (κ2) is 7.19. The van der Waals surface area contributed by atoms with Crippen LogP contribution in [0.5, 0.6) is 0 Å². The van der Waals surface area contributed by atoms with E-state index in [1.807, 2.05) is 17.5 Å². The van der Waals surface area contributed by atoms with Crippen molar-refractivity contribution in [1.29, 1.82) is 0 Å². The van der Waals surface area contributed by atoms with E-state index < -0.39 is 29.2 Å². The number of hydrogen-bond donors (Lipinski definition) is 2. The van der Waals surface area contributed by atoms with Crippen molar-refractivity contribution in [3.05, 3.63) is 61.3 Å². The quantitative estimate of drug-likeness (QED) is 0.512. The van der Waals surface area contributed by atoms with Gasteiger partial charge < -0.3 is 9.73 Å². The van der Waals surface area contributed by atoms with Gasteiger partial charge in [-0.15, -0.1) is 11.3 Å². The largest absolute Gasteiger partial charge is 0.420 e. The Morgan fingerprint density at radius 1 is 1.31 bits per heavy atom. The number of imide groups is 1.